The van der Waals surface area contributed by atoms with E-state index in [9.17, 15) is 8.42 Å². The first-order valence-electron chi connectivity index (χ1n) is 7.91. The van der Waals surface area contributed by atoms with Crippen LogP contribution < -0.4 is 0 Å². The van der Waals surface area contributed by atoms with Gasteiger partial charge in [-0.3, -0.25) is 4.68 Å². The maximum atomic E-state index is 12.5. The number of rotatable bonds is 4. The first kappa shape index (κ1) is 15.9. The monoisotopic (exact) mass is 327 g/mol. The number of piperidine rings is 1. The minimum Gasteiger partial charge on any atom is -0.301 e. The number of fused-ring (bicyclic) bond motifs is 1. The van der Waals surface area contributed by atoms with Gasteiger partial charge >= 0.3 is 0 Å². The lowest BCUT2D eigenvalue weighted by Gasteiger charge is -2.37. The third-order valence-corrected chi connectivity index (χ3v) is 6.41. The van der Waals surface area contributed by atoms with Gasteiger partial charge in [-0.25, -0.2) is 0 Å². The Labute approximate surface area is 132 Å². The number of hydrogen-bond acceptors (Lipinski definition) is 4. The normalized spacial score (nSPS) is 24.6. The maximum Gasteiger partial charge on any atom is 0.281 e. The van der Waals surface area contributed by atoms with Gasteiger partial charge in [0, 0.05) is 33.4 Å². The van der Waals surface area contributed by atoms with E-state index in [2.05, 4.69) is 10.00 Å². The highest BCUT2D eigenvalue weighted by Crippen LogP contribution is 2.25. The Kier molecular flexibility index (Phi) is 4.54. The predicted molar refractivity (Wildman–Crippen MR) is 84.6 cm³/mol. The number of likely N-dealkylation sites (tertiary alicyclic amines) is 1. The van der Waals surface area contributed by atoms with Crippen LogP contribution in [0.3, 0.4) is 0 Å². The predicted octanol–water partition coefficient (Wildman–Crippen LogP) is 0.532. The summed E-state index contributed by atoms with van der Waals surface area (Å²) in [5, 5.41) is 4.42. The fourth-order valence-corrected chi connectivity index (χ4v) is 4.45. The molecule has 2 aliphatic heterocycles. The average molecular weight is 327 g/mol. The van der Waals surface area contributed by atoms with Gasteiger partial charge in [-0.15, -0.1) is 0 Å². The third kappa shape index (κ3) is 3.05. The zero-order chi connectivity index (χ0) is 15.7. The maximum absolute atomic E-state index is 12.5. The molecule has 0 amide bonds. The summed E-state index contributed by atoms with van der Waals surface area (Å²) >= 11 is 0. The van der Waals surface area contributed by atoms with Crippen molar-refractivity contribution in [2.75, 3.05) is 40.3 Å². The van der Waals surface area contributed by atoms with Crippen molar-refractivity contribution >= 4 is 10.2 Å². The van der Waals surface area contributed by atoms with Gasteiger partial charge in [0.1, 0.15) is 0 Å². The standard InChI is InChI=1S/C14H25N5O2S/c1-16(2)22(20,21)18-11-13-6-7-15-19(13)14(12-18)10-17-8-4-3-5-9-17/h6-7,14H,3-5,8-12H2,1-2H3. The van der Waals surface area contributed by atoms with Gasteiger partial charge in [0.2, 0.25) is 0 Å². The molecule has 3 heterocycles. The summed E-state index contributed by atoms with van der Waals surface area (Å²) < 4.78 is 29.8. The van der Waals surface area contributed by atoms with E-state index in [0.29, 0.717) is 13.1 Å². The molecule has 3 rings (SSSR count). The summed E-state index contributed by atoms with van der Waals surface area (Å²) in [5.41, 5.74) is 0.971. The summed E-state index contributed by atoms with van der Waals surface area (Å²) in [6.45, 7) is 3.97. The van der Waals surface area contributed by atoms with E-state index in [-0.39, 0.29) is 6.04 Å². The average Bonchev–Trinajstić information content (AvgIpc) is 2.96. The molecule has 0 N–H and O–H groups in total. The molecule has 1 atom stereocenters. The minimum atomic E-state index is -3.39. The summed E-state index contributed by atoms with van der Waals surface area (Å²) in [6.07, 6.45) is 5.54. The van der Waals surface area contributed by atoms with Gasteiger partial charge in [-0.05, 0) is 32.0 Å². The van der Waals surface area contributed by atoms with Crippen molar-refractivity contribution in [3.8, 4) is 0 Å². The second-order valence-corrected chi connectivity index (χ2v) is 8.51. The molecule has 0 saturated carbocycles. The molecule has 0 bridgehead atoms. The van der Waals surface area contributed by atoms with Crippen molar-refractivity contribution in [3.63, 3.8) is 0 Å². The fourth-order valence-electron chi connectivity index (χ4n) is 3.34. The van der Waals surface area contributed by atoms with Crippen LogP contribution in [-0.4, -0.2) is 72.0 Å². The van der Waals surface area contributed by atoms with Crippen LogP contribution in [0.25, 0.3) is 0 Å². The van der Waals surface area contributed by atoms with Crippen molar-refractivity contribution in [1.82, 2.24) is 23.3 Å². The van der Waals surface area contributed by atoms with E-state index >= 15 is 0 Å². The lowest BCUT2D eigenvalue weighted by molar-refractivity contribution is 0.158. The second kappa shape index (κ2) is 6.27. The van der Waals surface area contributed by atoms with E-state index in [4.69, 9.17) is 0 Å². The molecule has 0 aliphatic carbocycles. The van der Waals surface area contributed by atoms with Crippen LogP contribution in [0.15, 0.2) is 12.3 Å². The van der Waals surface area contributed by atoms with Gasteiger partial charge in [0.05, 0.1) is 18.3 Å². The van der Waals surface area contributed by atoms with E-state index < -0.39 is 10.2 Å². The van der Waals surface area contributed by atoms with Gasteiger partial charge < -0.3 is 4.90 Å². The van der Waals surface area contributed by atoms with E-state index in [1.807, 2.05) is 10.7 Å². The molecule has 8 heteroatoms. The molecule has 2 aliphatic rings. The van der Waals surface area contributed by atoms with Crippen LogP contribution in [0.5, 0.6) is 0 Å². The zero-order valence-electron chi connectivity index (χ0n) is 13.3. The van der Waals surface area contributed by atoms with Crippen LogP contribution in [0.4, 0.5) is 0 Å². The lowest BCUT2D eigenvalue weighted by atomic mass is 10.1. The van der Waals surface area contributed by atoms with Crippen LogP contribution in [0, 0.1) is 0 Å². The molecular weight excluding hydrogens is 302 g/mol. The quantitative estimate of drug-likeness (QED) is 0.809. The van der Waals surface area contributed by atoms with Crippen LogP contribution >= 0.6 is 0 Å². The molecule has 124 valence electrons. The van der Waals surface area contributed by atoms with Crippen molar-refractivity contribution in [3.05, 3.63) is 18.0 Å². The molecule has 1 unspecified atom stereocenters. The Hall–Kier alpha value is -0.960. The number of hydrogen-bond donors (Lipinski definition) is 0. The molecule has 0 spiro atoms. The summed E-state index contributed by atoms with van der Waals surface area (Å²) in [4.78, 5) is 2.44. The van der Waals surface area contributed by atoms with Gasteiger partial charge in [0.25, 0.3) is 10.2 Å². The first-order chi connectivity index (χ1) is 10.5. The lowest BCUT2D eigenvalue weighted by Crippen LogP contribution is -2.49. The van der Waals surface area contributed by atoms with Crippen molar-refractivity contribution in [1.29, 1.82) is 0 Å². The molecule has 1 aromatic rings. The Balaban J connectivity index is 1.80. The van der Waals surface area contributed by atoms with Crippen LogP contribution in [0.1, 0.15) is 31.0 Å². The van der Waals surface area contributed by atoms with Gasteiger partial charge in [-0.2, -0.15) is 22.1 Å². The Morgan fingerprint density at radius 3 is 2.68 bits per heavy atom. The highest BCUT2D eigenvalue weighted by atomic mass is 32.2. The molecule has 0 radical (unpaired) electrons. The Morgan fingerprint density at radius 2 is 2.00 bits per heavy atom. The third-order valence-electron chi connectivity index (χ3n) is 4.56. The molecule has 22 heavy (non-hydrogen) atoms. The number of aromatic nitrogens is 2. The highest BCUT2D eigenvalue weighted by Gasteiger charge is 2.34. The van der Waals surface area contributed by atoms with Crippen LogP contribution in [-0.2, 0) is 16.8 Å². The molecular formula is C14H25N5O2S. The SMILES string of the molecule is CN(C)S(=O)(=O)N1Cc2ccnn2C(CN2CCCCC2)C1. The second-order valence-electron chi connectivity index (χ2n) is 6.36. The minimum absolute atomic E-state index is 0.0894. The molecule has 1 saturated heterocycles. The summed E-state index contributed by atoms with van der Waals surface area (Å²) in [6, 6.07) is 2.01. The van der Waals surface area contributed by atoms with Crippen LogP contribution in [0.2, 0.25) is 0 Å². The topological polar surface area (TPSA) is 61.7 Å². The summed E-state index contributed by atoms with van der Waals surface area (Å²) in [7, 11) is -0.219. The highest BCUT2D eigenvalue weighted by molar-refractivity contribution is 7.86. The Morgan fingerprint density at radius 1 is 1.27 bits per heavy atom. The first-order valence-corrected chi connectivity index (χ1v) is 9.30. The van der Waals surface area contributed by atoms with E-state index in [1.165, 1.54) is 23.6 Å². The van der Waals surface area contributed by atoms with Crippen molar-refractivity contribution in [2.24, 2.45) is 0 Å². The zero-order valence-corrected chi connectivity index (χ0v) is 14.2. The molecule has 1 aromatic heterocycles. The molecule has 0 aromatic carbocycles. The van der Waals surface area contributed by atoms with E-state index in [0.717, 1.165) is 25.3 Å². The number of nitrogens with zero attached hydrogens (tertiary/aromatic N) is 5. The molecule has 1 fully saturated rings. The van der Waals surface area contributed by atoms with E-state index in [1.54, 1.807) is 24.6 Å². The summed E-state index contributed by atoms with van der Waals surface area (Å²) in [5.74, 6) is 0. The van der Waals surface area contributed by atoms with Gasteiger partial charge in [-0.1, -0.05) is 6.42 Å². The fraction of sp³-hybridized carbons (Fsp3) is 0.786. The smallest absolute Gasteiger partial charge is 0.281 e. The van der Waals surface area contributed by atoms with Crippen molar-refractivity contribution in [2.45, 2.75) is 31.8 Å². The van der Waals surface area contributed by atoms with Crippen molar-refractivity contribution < 1.29 is 8.42 Å². The van der Waals surface area contributed by atoms with Gasteiger partial charge in [0.15, 0.2) is 0 Å². The largest absolute Gasteiger partial charge is 0.301 e. The molecule has 7 nitrogen and oxygen atoms in total. The Bertz CT molecular complexity index is 607.